The van der Waals surface area contributed by atoms with Crippen molar-refractivity contribution in [3.8, 4) is 23.0 Å². The van der Waals surface area contributed by atoms with Crippen molar-refractivity contribution in [1.82, 2.24) is 5.32 Å². The van der Waals surface area contributed by atoms with Gasteiger partial charge in [-0.3, -0.25) is 4.79 Å². The Hall–Kier alpha value is -3.67. The Bertz CT molecular complexity index is 988. The first kappa shape index (κ1) is 21.0. The van der Waals surface area contributed by atoms with Crippen LogP contribution in [-0.2, 0) is 13.2 Å². The molecule has 156 valence electrons. The molecule has 0 unspecified atom stereocenters. The molecule has 0 aliphatic rings. The summed E-state index contributed by atoms with van der Waals surface area (Å²) in [6.45, 7) is 0.714. The van der Waals surface area contributed by atoms with Gasteiger partial charge in [0.15, 0.2) is 11.5 Å². The molecule has 0 atom stereocenters. The van der Waals surface area contributed by atoms with Gasteiger partial charge in [0.05, 0.1) is 21.3 Å². The van der Waals surface area contributed by atoms with E-state index in [4.69, 9.17) is 18.9 Å². The van der Waals surface area contributed by atoms with Crippen LogP contribution in [0.4, 0.5) is 0 Å². The molecule has 0 heterocycles. The van der Waals surface area contributed by atoms with Crippen molar-refractivity contribution in [3.05, 3.63) is 83.4 Å². The van der Waals surface area contributed by atoms with Crippen LogP contribution in [0.3, 0.4) is 0 Å². The zero-order chi connectivity index (χ0) is 21.3. The van der Waals surface area contributed by atoms with Crippen LogP contribution in [0.15, 0.2) is 66.7 Å². The molecular weight excluding hydrogens is 382 g/mol. The highest BCUT2D eigenvalue weighted by atomic mass is 16.5. The van der Waals surface area contributed by atoms with Crippen molar-refractivity contribution in [3.63, 3.8) is 0 Å². The van der Waals surface area contributed by atoms with E-state index in [1.165, 1.54) is 0 Å². The summed E-state index contributed by atoms with van der Waals surface area (Å²) >= 11 is 0. The molecule has 1 amide bonds. The number of amides is 1. The first-order chi connectivity index (χ1) is 14.7. The average Bonchev–Trinajstić information content (AvgIpc) is 2.81. The highest BCUT2D eigenvalue weighted by Gasteiger charge is 2.16. The first-order valence-corrected chi connectivity index (χ1v) is 9.49. The zero-order valence-electron chi connectivity index (χ0n) is 17.3. The second-order valence-corrected chi connectivity index (χ2v) is 6.48. The van der Waals surface area contributed by atoms with Crippen molar-refractivity contribution in [2.45, 2.75) is 13.2 Å². The van der Waals surface area contributed by atoms with Crippen molar-refractivity contribution >= 4 is 5.91 Å². The van der Waals surface area contributed by atoms with Gasteiger partial charge in [0.2, 0.25) is 5.75 Å². The molecule has 0 fully saturated rings. The van der Waals surface area contributed by atoms with E-state index in [9.17, 15) is 4.79 Å². The number of hydrogen-bond acceptors (Lipinski definition) is 5. The van der Waals surface area contributed by atoms with Gasteiger partial charge >= 0.3 is 0 Å². The summed E-state index contributed by atoms with van der Waals surface area (Å²) in [7, 11) is 4.66. The number of benzene rings is 3. The van der Waals surface area contributed by atoms with Gasteiger partial charge in [-0.05, 0) is 35.9 Å². The van der Waals surface area contributed by atoms with E-state index in [-0.39, 0.29) is 12.5 Å². The standard InChI is InChI=1S/C24H25NO5/c1-27-21-13-12-19(22(28-2)23(21)29-3)15-25-24(26)18-10-7-11-20(14-18)30-16-17-8-5-4-6-9-17/h4-14H,15-16H2,1-3H3,(H,25,26). The Morgan fingerprint density at radius 3 is 2.30 bits per heavy atom. The molecule has 0 radical (unpaired) electrons. The fourth-order valence-corrected chi connectivity index (χ4v) is 3.05. The van der Waals surface area contributed by atoms with Crippen molar-refractivity contribution < 1.29 is 23.7 Å². The predicted molar refractivity (Wildman–Crippen MR) is 114 cm³/mol. The maximum Gasteiger partial charge on any atom is 0.251 e. The summed E-state index contributed by atoms with van der Waals surface area (Å²) in [5.41, 5.74) is 2.35. The maximum absolute atomic E-state index is 12.7. The van der Waals surface area contributed by atoms with Crippen LogP contribution in [0.1, 0.15) is 21.5 Å². The van der Waals surface area contributed by atoms with Gasteiger partial charge in [-0.2, -0.15) is 0 Å². The SMILES string of the molecule is COc1ccc(CNC(=O)c2cccc(OCc3ccccc3)c2)c(OC)c1OC. The Morgan fingerprint density at radius 2 is 1.60 bits per heavy atom. The third kappa shape index (κ3) is 5.03. The molecule has 0 aliphatic carbocycles. The lowest BCUT2D eigenvalue weighted by atomic mass is 10.1. The maximum atomic E-state index is 12.7. The van der Waals surface area contributed by atoms with E-state index in [0.717, 1.165) is 11.1 Å². The van der Waals surface area contributed by atoms with E-state index in [1.807, 2.05) is 42.5 Å². The van der Waals surface area contributed by atoms with Crippen LogP contribution in [0.25, 0.3) is 0 Å². The predicted octanol–water partition coefficient (Wildman–Crippen LogP) is 4.22. The average molecular weight is 407 g/mol. The summed E-state index contributed by atoms with van der Waals surface area (Å²) in [4.78, 5) is 12.7. The Kier molecular flexibility index (Phi) is 7.16. The summed E-state index contributed by atoms with van der Waals surface area (Å²) in [5.74, 6) is 2.00. The first-order valence-electron chi connectivity index (χ1n) is 9.49. The number of carbonyl (C=O) groups is 1. The molecule has 6 heteroatoms. The molecule has 3 aromatic rings. The lowest BCUT2D eigenvalue weighted by molar-refractivity contribution is 0.0950. The highest BCUT2D eigenvalue weighted by Crippen LogP contribution is 2.39. The van der Waals surface area contributed by atoms with E-state index < -0.39 is 0 Å². The molecule has 1 N–H and O–H groups in total. The smallest absolute Gasteiger partial charge is 0.251 e. The van der Waals surface area contributed by atoms with E-state index >= 15 is 0 Å². The van der Waals surface area contributed by atoms with Crippen LogP contribution in [0.2, 0.25) is 0 Å². The van der Waals surface area contributed by atoms with Crippen LogP contribution < -0.4 is 24.3 Å². The van der Waals surface area contributed by atoms with Crippen molar-refractivity contribution in [1.29, 1.82) is 0 Å². The van der Waals surface area contributed by atoms with Crippen LogP contribution in [0, 0.1) is 0 Å². The highest BCUT2D eigenvalue weighted by molar-refractivity contribution is 5.94. The monoisotopic (exact) mass is 407 g/mol. The number of nitrogens with one attached hydrogen (secondary N) is 1. The molecule has 3 rings (SSSR count). The molecule has 0 bridgehead atoms. The molecule has 6 nitrogen and oxygen atoms in total. The Labute approximate surface area is 176 Å². The summed E-state index contributed by atoms with van der Waals surface area (Å²) in [6, 6.07) is 20.6. The Balaban J connectivity index is 1.67. The fourth-order valence-electron chi connectivity index (χ4n) is 3.05. The van der Waals surface area contributed by atoms with Crippen LogP contribution in [-0.4, -0.2) is 27.2 Å². The number of ether oxygens (including phenoxy) is 4. The van der Waals surface area contributed by atoms with E-state index in [1.54, 1.807) is 45.6 Å². The van der Waals surface area contributed by atoms with Gasteiger partial charge in [0.25, 0.3) is 5.91 Å². The Morgan fingerprint density at radius 1 is 0.833 bits per heavy atom. The van der Waals surface area contributed by atoms with E-state index in [2.05, 4.69) is 5.32 Å². The van der Waals surface area contributed by atoms with Crippen molar-refractivity contribution in [2.24, 2.45) is 0 Å². The second kappa shape index (κ2) is 10.2. The zero-order valence-corrected chi connectivity index (χ0v) is 17.3. The van der Waals surface area contributed by atoms with Gasteiger partial charge in [0.1, 0.15) is 12.4 Å². The summed E-state index contributed by atoms with van der Waals surface area (Å²) < 4.78 is 22.0. The molecule has 0 saturated heterocycles. The van der Waals surface area contributed by atoms with Gasteiger partial charge < -0.3 is 24.3 Å². The van der Waals surface area contributed by atoms with Crippen molar-refractivity contribution in [2.75, 3.05) is 21.3 Å². The molecular formula is C24H25NO5. The number of hydrogen-bond donors (Lipinski definition) is 1. The second-order valence-electron chi connectivity index (χ2n) is 6.48. The largest absolute Gasteiger partial charge is 0.493 e. The molecule has 0 spiro atoms. The lowest BCUT2D eigenvalue weighted by Gasteiger charge is -2.16. The lowest BCUT2D eigenvalue weighted by Crippen LogP contribution is -2.23. The van der Waals surface area contributed by atoms with Gasteiger partial charge in [-0.1, -0.05) is 36.4 Å². The number of rotatable bonds is 9. The topological polar surface area (TPSA) is 66.0 Å². The molecule has 0 aromatic heterocycles. The van der Waals surface area contributed by atoms with Crippen LogP contribution >= 0.6 is 0 Å². The van der Waals surface area contributed by atoms with Crippen LogP contribution in [0.5, 0.6) is 23.0 Å². The minimum atomic E-state index is -0.211. The summed E-state index contributed by atoms with van der Waals surface area (Å²) in [6.07, 6.45) is 0. The molecule has 30 heavy (non-hydrogen) atoms. The molecule has 0 saturated carbocycles. The molecule has 0 aliphatic heterocycles. The number of methoxy groups -OCH3 is 3. The van der Waals surface area contributed by atoms with Gasteiger partial charge in [0, 0.05) is 17.7 Å². The normalized spacial score (nSPS) is 10.2. The third-order valence-corrected chi connectivity index (χ3v) is 4.57. The fraction of sp³-hybridized carbons (Fsp3) is 0.208. The summed E-state index contributed by atoms with van der Waals surface area (Å²) in [5, 5.41) is 2.91. The minimum absolute atomic E-state index is 0.211. The quantitative estimate of drug-likeness (QED) is 0.575. The minimum Gasteiger partial charge on any atom is -0.493 e. The van der Waals surface area contributed by atoms with E-state index in [0.29, 0.717) is 35.2 Å². The third-order valence-electron chi connectivity index (χ3n) is 4.57. The van der Waals surface area contributed by atoms with Gasteiger partial charge in [-0.15, -0.1) is 0 Å². The van der Waals surface area contributed by atoms with Gasteiger partial charge in [-0.25, -0.2) is 0 Å². The molecule has 3 aromatic carbocycles. The number of carbonyl (C=O) groups excluding carboxylic acids is 1.